The number of aryl methyl sites for hydroxylation is 1. The Hall–Kier alpha value is -3.15. The molecule has 146 valence electrons. The molecule has 0 saturated carbocycles. The Kier molecular flexibility index (Phi) is 4.86. The monoisotopic (exact) mass is 381 g/mol. The Morgan fingerprint density at radius 1 is 1.14 bits per heavy atom. The van der Waals surface area contributed by atoms with Gasteiger partial charge in [0.1, 0.15) is 30.3 Å². The summed E-state index contributed by atoms with van der Waals surface area (Å²) in [6.07, 6.45) is 1.69. The summed E-state index contributed by atoms with van der Waals surface area (Å²) in [4.78, 5) is 13.1. The molecule has 28 heavy (non-hydrogen) atoms. The van der Waals surface area contributed by atoms with Crippen molar-refractivity contribution in [3.05, 3.63) is 53.3 Å². The second-order valence-corrected chi connectivity index (χ2v) is 6.93. The lowest BCUT2D eigenvalue weighted by Gasteiger charge is -2.23. The van der Waals surface area contributed by atoms with Gasteiger partial charge in [-0.1, -0.05) is 19.4 Å². The maximum atomic E-state index is 13.1. The number of rotatable bonds is 5. The number of phenols is 1. The summed E-state index contributed by atoms with van der Waals surface area (Å²) in [5, 5.41) is 13.5. The van der Waals surface area contributed by atoms with Crippen molar-refractivity contribution >= 4 is 16.9 Å². The second-order valence-electron chi connectivity index (χ2n) is 6.93. The van der Waals surface area contributed by atoms with Crippen LogP contribution >= 0.6 is 0 Å². The van der Waals surface area contributed by atoms with Crippen molar-refractivity contribution in [1.29, 1.82) is 0 Å². The normalized spacial score (nSPS) is 14.1. The lowest BCUT2D eigenvalue weighted by molar-refractivity contribution is 0.0934. The van der Waals surface area contributed by atoms with Gasteiger partial charge in [-0.25, -0.2) is 0 Å². The molecule has 1 aliphatic heterocycles. The van der Waals surface area contributed by atoms with Crippen molar-refractivity contribution in [3.63, 3.8) is 0 Å². The molecule has 1 amide bonds. The summed E-state index contributed by atoms with van der Waals surface area (Å²) in [7, 11) is 0. The van der Waals surface area contributed by atoms with E-state index in [1.165, 1.54) is 0 Å². The van der Waals surface area contributed by atoms with Gasteiger partial charge in [0.25, 0.3) is 5.91 Å². The molecule has 2 aromatic carbocycles. The van der Waals surface area contributed by atoms with Gasteiger partial charge < -0.3 is 24.3 Å². The topological polar surface area (TPSA) is 80.9 Å². The van der Waals surface area contributed by atoms with E-state index < -0.39 is 0 Å². The number of furan rings is 1. The predicted octanol–water partition coefficient (Wildman–Crippen LogP) is 4.49. The number of ether oxygens (including phenoxy) is 2. The van der Waals surface area contributed by atoms with Crippen LogP contribution in [0.3, 0.4) is 0 Å². The molecule has 0 radical (unpaired) electrons. The fraction of sp³-hybridized carbons (Fsp3) is 0.318. The zero-order valence-electron chi connectivity index (χ0n) is 16.0. The Balaban J connectivity index is 1.64. The van der Waals surface area contributed by atoms with E-state index in [2.05, 4.69) is 12.2 Å². The third-order valence-corrected chi connectivity index (χ3v) is 4.93. The van der Waals surface area contributed by atoms with Gasteiger partial charge in [-0.15, -0.1) is 0 Å². The number of hydrogen-bond donors (Lipinski definition) is 2. The van der Waals surface area contributed by atoms with E-state index >= 15 is 0 Å². The van der Waals surface area contributed by atoms with Gasteiger partial charge in [0.2, 0.25) is 0 Å². The van der Waals surface area contributed by atoms with Gasteiger partial charge >= 0.3 is 0 Å². The molecule has 1 unspecified atom stereocenters. The molecule has 1 aliphatic rings. The van der Waals surface area contributed by atoms with Gasteiger partial charge in [-0.2, -0.15) is 0 Å². The maximum Gasteiger partial charge on any atom is 0.255 e. The summed E-state index contributed by atoms with van der Waals surface area (Å²) in [5.41, 5.74) is 1.99. The van der Waals surface area contributed by atoms with Crippen LogP contribution < -0.4 is 14.8 Å². The van der Waals surface area contributed by atoms with E-state index in [1.54, 1.807) is 25.1 Å². The first-order valence-corrected chi connectivity index (χ1v) is 9.49. The zero-order valence-corrected chi connectivity index (χ0v) is 16.0. The fourth-order valence-electron chi connectivity index (χ4n) is 3.61. The van der Waals surface area contributed by atoms with Crippen molar-refractivity contribution in [3.8, 4) is 17.2 Å². The first-order valence-electron chi connectivity index (χ1n) is 9.49. The number of aromatic hydroxyl groups is 1. The quantitative estimate of drug-likeness (QED) is 0.681. The fourth-order valence-corrected chi connectivity index (χ4v) is 3.61. The summed E-state index contributed by atoms with van der Waals surface area (Å²) < 4.78 is 17.0. The van der Waals surface area contributed by atoms with Crippen LogP contribution in [0.25, 0.3) is 11.0 Å². The molecule has 0 saturated heterocycles. The van der Waals surface area contributed by atoms with E-state index in [0.29, 0.717) is 41.3 Å². The van der Waals surface area contributed by atoms with E-state index in [0.717, 1.165) is 24.2 Å². The highest BCUT2D eigenvalue weighted by molar-refractivity contribution is 6.07. The molecule has 0 fully saturated rings. The highest BCUT2D eigenvalue weighted by atomic mass is 16.6. The predicted molar refractivity (Wildman–Crippen MR) is 105 cm³/mol. The largest absolute Gasteiger partial charge is 0.508 e. The number of phenolic OH excluding ortho intramolecular Hbond substituents is 1. The lowest BCUT2D eigenvalue weighted by Crippen LogP contribution is -2.29. The molecule has 2 heterocycles. The zero-order chi connectivity index (χ0) is 19.7. The van der Waals surface area contributed by atoms with Crippen molar-refractivity contribution in [2.24, 2.45) is 0 Å². The summed E-state index contributed by atoms with van der Waals surface area (Å²) >= 11 is 0. The molecule has 3 aromatic rings. The molecule has 6 heteroatoms. The minimum atomic E-state index is -0.227. The smallest absolute Gasteiger partial charge is 0.255 e. The van der Waals surface area contributed by atoms with Crippen LogP contribution in [0.4, 0.5) is 0 Å². The third kappa shape index (κ3) is 3.38. The van der Waals surface area contributed by atoms with E-state index in [9.17, 15) is 9.90 Å². The van der Waals surface area contributed by atoms with Crippen molar-refractivity contribution in [2.75, 3.05) is 13.2 Å². The van der Waals surface area contributed by atoms with Crippen molar-refractivity contribution in [2.45, 2.75) is 32.7 Å². The van der Waals surface area contributed by atoms with Crippen LogP contribution in [-0.2, 0) is 0 Å². The second kappa shape index (κ2) is 7.46. The number of amides is 1. The number of carbonyl (C=O) groups excluding carboxylic acids is 1. The van der Waals surface area contributed by atoms with Crippen LogP contribution in [0.2, 0.25) is 0 Å². The Morgan fingerprint density at radius 3 is 2.71 bits per heavy atom. The van der Waals surface area contributed by atoms with Gasteiger partial charge in [-0.3, -0.25) is 4.79 Å². The SMILES string of the molecule is CCCC(NC(=O)c1c(C)oc2ccc(O)cc12)c1ccc2c(c1)OCCO2. The first kappa shape index (κ1) is 18.2. The average Bonchev–Trinajstić information content (AvgIpc) is 3.02. The highest BCUT2D eigenvalue weighted by Gasteiger charge is 2.23. The number of carbonyl (C=O) groups is 1. The molecular formula is C22H23NO5. The molecule has 0 bridgehead atoms. The number of benzene rings is 2. The Morgan fingerprint density at radius 2 is 1.93 bits per heavy atom. The molecule has 0 aliphatic carbocycles. The molecule has 1 aromatic heterocycles. The standard InChI is InChI=1S/C22H23NO5/c1-3-4-17(14-5-7-19-20(11-14)27-10-9-26-19)23-22(25)21-13(2)28-18-8-6-15(24)12-16(18)21/h5-8,11-12,17,24H,3-4,9-10H2,1-2H3,(H,23,25). The minimum absolute atomic E-state index is 0.0966. The van der Waals surface area contributed by atoms with Crippen LogP contribution in [0.1, 0.15) is 47.5 Å². The van der Waals surface area contributed by atoms with Crippen molar-refractivity contribution in [1.82, 2.24) is 5.32 Å². The van der Waals surface area contributed by atoms with Crippen LogP contribution in [-0.4, -0.2) is 24.2 Å². The molecule has 4 rings (SSSR count). The van der Waals surface area contributed by atoms with Gasteiger partial charge in [0.15, 0.2) is 11.5 Å². The molecular weight excluding hydrogens is 358 g/mol. The lowest BCUT2D eigenvalue weighted by atomic mass is 10.0. The number of fused-ring (bicyclic) bond motifs is 2. The molecule has 2 N–H and O–H groups in total. The Labute approximate surface area is 163 Å². The first-order chi connectivity index (χ1) is 13.6. The summed E-state index contributed by atoms with van der Waals surface area (Å²) in [5.74, 6) is 1.82. The molecule has 0 spiro atoms. The van der Waals surface area contributed by atoms with Crippen LogP contribution in [0.5, 0.6) is 17.2 Å². The minimum Gasteiger partial charge on any atom is -0.508 e. The Bertz CT molecular complexity index is 1020. The molecule has 1 atom stereocenters. The van der Waals surface area contributed by atoms with E-state index in [-0.39, 0.29) is 17.7 Å². The average molecular weight is 381 g/mol. The summed E-state index contributed by atoms with van der Waals surface area (Å²) in [6, 6.07) is 10.4. The van der Waals surface area contributed by atoms with Crippen LogP contribution in [0.15, 0.2) is 40.8 Å². The molecule has 6 nitrogen and oxygen atoms in total. The van der Waals surface area contributed by atoms with Gasteiger partial charge in [0.05, 0.1) is 11.6 Å². The summed E-state index contributed by atoms with van der Waals surface area (Å²) in [6.45, 7) is 4.89. The maximum absolute atomic E-state index is 13.1. The van der Waals surface area contributed by atoms with E-state index in [4.69, 9.17) is 13.9 Å². The van der Waals surface area contributed by atoms with Crippen molar-refractivity contribution < 1.29 is 23.8 Å². The van der Waals surface area contributed by atoms with E-state index in [1.807, 2.05) is 18.2 Å². The number of nitrogens with one attached hydrogen (secondary N) is 1. The highest BCUT2D eigenvalue weighted by Crippen LogP contribution is 2.34. The third-order valence-electron chi connectivity index (χ3n) is 4.93. The number of hydrogen-bond acceptors (Lipinski definition) is 5. The van der Waals surface area contributed by atoms with Gasteiger partial charge in [-0.05, 0) is 49.2 Å². The van der Waals surface area contributed by atoms with Crippen LogP contribution in [0, 0.1) is 6.92 Å². The van der Waals surface area contributed by atoms with Gasteiger partial charge in [0, 0.05) is 5.39 Å².